The Balaban J connectivity index is 2.27. The van der Waals surface area contributed by atoms with Crippen molar-refractivity contribution in [2.75, 3.05) is 6.61 Å². The van der Waals surface area contributed by atoms with Crippen molar-refractivity contribution < 1.29 is 5.11 Å². The topological polar surface area (TPSA) is 63.5 Å². The van der Waals surface area contributed by atoms with Crippen LogP contribution in [-0.2, 0) is 11.5 Å². The molecule has 1 unspecified atom stereocenters. The number of hydrogen-bond donors (Lipinski definition) is 0. The average molecular weight is 217 g/mol. The molecule has 0 saturated carbocycles. The standard InChI is InChI=1S/C11H13N4O/c1-9(10-5-3-2-4-6-10)15-11(7-8-16)12-13-14-15/h2-6,9H,7-8H2,1H3. The molecular weight excluding hydrogens is 204 g/mol. The predicted octanol–water partition coefficient (Wildman–Crippen LogP) is 1.26. The van der Waals surface area contributed by atoms with Crippen LogP contribution in [0, 0.1) is 0 Å². The molecule has 0 fully saturated rings. The highest BCUT2D eigenvalue weighted by atomic mass is 16.3. The van der Waals surface area contributed by atoms with E-state index in [0.29, 0.717) is 12.2 Å². The normalized spacial score (nSPS) is 12.6. The Hall–Kier alpha value is -1.75. The summed E-state index contributed by atoms with van der Waals surface area (Å²) < 4.78 is 1.70. The summed E-state index contributed by atoms with van der Waals surface area (Å²) in [4.78, 5) is 0. The molecule has 5 heteroatoms. The fourth-order valence-electron chi connectivity index (χ4n) is 1.64. The van der Waals surface area contributed by atoms with Crippen molar-refractivity contribution >= 4 is 0 Å². The van der Waals surface area contributed by atoms with Gasteiger partial charge in [-0.25, -0.2) is 9.79 Å². The molecule has 0 spiro atoms. The van der Waals surface area contributed by atoms with Crippen molar-refractivity contribution in [3.63, 3.8) is 0 Å². The quantitative estimate of drug-likeness (QED) is 0.774. The fraction of sp³-hybridized carbons (Fsp3) is 0.364. The van der Waals surface area contributed by atoms with Crippen LogP contribution in [0.4, 0.5) is 0 Å². The summed E-state index contributed by atoms with van der Waals surface area (Å²) in [5, 5.41) is 22.0. The summed E-state index contributed by atoms with van der Waals surface area (Å²) >= 11 is 0. The molecule has 0 amide bonds. The minimum atomic E-state index is -0.193. The lowest BCUT2D eigenvalue weighted by Gasteiger charge is -2.13. The molecule has 1 aromatic carbocycles. The molecule has 0 aliphatic carbocycles. The number of rotatable bonds is 4. The van der Waals surface area contributed by atoms with Crippen molar-refractivity contribution in [2.24, 2.45) is 0 Å². The van der Waals surface area contributed by atoms with E-state index in [1.54, 1.807) is 4.68 Å². The molecule has 1 radical (unpaired) electrons. The molecule has 1 heterocycles. The van der Waals surface area contributed by atoms with Gasteiger partial charge in [0.05, 0.1) is 12.6 Å². The number of benzene rings is 1. The molecular formula is C11H13N4O. The number of tetrazole rings is 1. The predicted molar refractivity (Wildman–Crippen MR) is 57.3 cm³/mol. The van der Waals surface area contributed by atoms with Gasteiger partial charge in [0.2, 0.25) is 0 Å². The molecule has 0 saturated heterocycles. The summed E-state index contributed by atoms with van der Waals surface area (Å²) in [6.07, 6.45) is 0.365. The molecule has 83 valence electrons. The summed E-state index contributed by atoms with van der Waals surface area (Å²) in [5.41, 5.74) is 1.13. The number of aromatic nitrogens is 4. The van der Waals surface area contributed by atoms with E-state index in [9.17, 15) is 5.11 Å². The second-order valence-electron chi connectivity index (χ2n) is 3.58. The largest absolute Gasteiger partial charge is 0.236 e. The highest BCUT2D eigenvalue weighted by Crippen LogP contribution is 2.16. The van der Waals surface area contributed by atoms with Crippen LogP contribution in [-0.4, -0.2) is 26.8 Å². The Morgan fingerprint density at radius 1 is 1.31 bits per heavy atom. The fourth-order valence-corrected chi connectivity index (χ4v) is 1.64. The summed E-state index contributed by atoms with van der Waals surface area (Å²) in [6.45, 7) is 1.82. The molecule has 0 aliphatic heterocycles. The van der Waals surface area contributed by atoms with Gasteiger partial charge in [-0.2, -0.15) is 0 Å². The van der Waals surface area contributed by atoms with Gasteiger partial charge in [0.15, 0.2) is 5.82 Å². The first-order valence-corrected chi connectivity index (χ1v) is 5.22. The first kappa shape index (κ1) is 10.8. The average Bonchev–Trinajstić information content (AvgIpc) is 2.78. The van der Waals surface area contributed by atoms with E-state index in [2.05, 4.69) is 15.5 Å². The van der Waals surface area contributed by atoms with Gasteiger partial charge < -0.3 is 0 Å². The highest BCUT2D eigenvalue weighted by molar-refractivity contribution is 5.19. The van der Waals surface area contributed by atoms with Gasteiger partial charge in [-0.3, -0.25) is 0 Å². The van der Waals surface area contributed by atoms with Crippen molar-refractivity contribution in [3.8, 4) is 0 Å². The van der Waals surface area contributed by atoms with Crippen LogP contribution in [0.2, 0.25) is 0 Å². The maximum absolute atomic E-state index is 10.6. The minimum absolute atomic E-state index is 0.0535. The Morgan fingerprint density at radius 3 is 2.75 bits per heavy atom. The minimum Gasteiger partial charge on any atom is -0.236 e. The van der Waals surface area contributed by atoms with Gasteiger partial charge in [-0.1, -0.05) is 30.3 Å². The Labute approximate surface area is 93.7 Å². The number of nitrogens with zero attached hydrogens (tertiary/aromatic N) is 4. The Bertz CT molecular complexity index is 440. The lowest BCUT2D eigenvalue weighted by Crippen LogP contribution is -2.13. The maximum Gasteiger partial charge on any atom is 0.154 e. The van der Waals surface area contributed by atoms with E-state index in [0.717, 1.165) is 5.56 Å². The van der Waals surface area contributed by atoms with Crippen LogP contribution < -0.4 is 0 Å². The summed E-state index contributed by atoms with van der Waals surface area (Å²) in [6, 6.07) is 10.0. The highest BCUT2D eigenvalue weighted by Gasteiger charge is 2.13. The van der Waals surface area contributed by atoms with Crippen LogP contribution >= 0.6 is 0 Å². The molecule has 1 atom stereocenters. The van der Waals surface area contributed by atoms with Crippen LogP contribution in [0.15, 0.2) is 30.3 Å². The summed E-state index contributed by atoms with van der Waals surface area (Å²) in [5.74, 6) is 0.645. The Morgan fingerprint density at radius 2 is 2.06 bits per heavy atom. The van der Waals surface area contributed by atoms with Crippen LogP contribution in [0.5, 0.6) is 0 Å². The van der Waals surface area contributed by atoms with Gasteiger partial charge in [-0.15, -0.1) is 5.10 Å². The third-order valence-corrected chi connectivity index (χ3v) is 2.54. The molecule has 2 aromatic rings. The molecule has 5 nitrogen and oxygen atoms in total. The molecule has 0 N–H and O–H groups in total. The molecule has 16 heavy (non-hydrogen) atoms. The summed E-state index contributed by atoms with van der Waals surface area (Å²) in [7, 11) is 0. The molecule has 0 aliphatic rings. The maximum atomic E-state index is 10.6. The second kappa shape index (κ2) is 4.85. The lowest BCUT2D eigenvalue weighted by molar-refractivity contribution is 0.193. The molecule has 1 aromatic heterocycles. The van der Waals surface area contributed by atoms with Crippen LogP contribution in [0.3, 0.4) is 0 Å². The zero-order valence-electron chi connectivity index (χ0n) is 9.08. The lowest BCUT2D eigenvalue weighted by atomic mass is 10.1. The SMILES string of the molecule is CC(c1ccccc1)n1nnnc1CC[O]. The third kappa shape index (κ3) is 2.09. The third-order valence-electron chi connectivity index (χ3n) is 2.54. The molecule has 0 bridgehead atoms. The van der Waals surface area contributed by atoms with Gasteiger partial charge in [0.1, 0.15) is 0 Å². The van der Waals surface area contributed by atoms with Crippen molar-refractivity contribution in [1.82, 2.24) is 20.2 Å². The van der Waals surface area contributed by atoms with Gasteiger partial charge in [0, 0.05) is 6.42 Å². The van der Waals surface area contributed by atoms with E-state index in [4.69, 9.17) is 0 Å². The van der Waals surface area contributed by atoms with E-state index in [-0.39, 0.29) is 12.6 Å². The monoisotopic (exact) mass is 217 g/mol. The van der Waals surface area contributed by atoms with Gasteiger partial charge >= 0.3 is 0 Å². The van der Waals surface area contributed by atoms with Crippen molar-refractivity contribution in [2.45, 2.75) is 19.4 Å². The smallest absolute Gasteiger partial charge is 0.154 e. The Kier molecular flexibility index (Phi) is 3.26. The van der Waals surface area contributed by atoms with E-state index < -0.39 is 0 Å². The van der Waals surface area contributed by atoms with Crippen molar-refractivity contribution in [3.05, 3.63) is 41.7 Å². The molecule has 2 rings (SSSR count). The van der Waals surface area contributed by atoms with Gasteiger partial charge in [-0.05, 0) is 22.9 Å². The van der Waals surface area contributed by atoms with Crippen LogP contribution in [0.1, 0.15) is 24.4 Å². The van der Waals surface area contributed by atoms with Crippen molar-refractivity contribution in [1.29, 1.82) is 0 Å². The van der Waals surface area contributed by atoms with Gasteiger partial charge in [0.25, 0.3) is 0 Å². The van der Waals surface area contributed by atoms with E-state index >= 15 is 0 Å². The zero-order valence-corrected chi connectivity index (χ0v) is 9.08. The second-order valence-corrected chi connectivity index (χ2v) is 3.58. The first-order chi connectivity index (χ1) is 7.83. The number of hydrogen-bond acceptors (Lipinski definition) is 3. The van der Waals surface area contributed by atoms with E-state index in [1.165, 1.54) is 0 Å². The van der Waals surface area contributed by atoms with Crippen LogP contribution in [0.25, 0.3) is 0 Å². The van der Waals surface area contributed by atoms with E-state index in [1.807, 2.05) is 37.3 Å². The zero-order chi connectivity index (χ0) is 11.4. The first-order valence-electron chi connectivity index (χ1n) is 5.22.